The molecule has 0 saturated heterocycles. The molecule has 0 spiro atoms. The zero-order valence-corrected chi connectivity index (χ0v) is 13.8. The molecular formula is C14H21O4PS. The molecule has 0 saturated carbocycles. The van der Waals surface area contributed by atoms with E-state index in [0.29, 0.717) is 24.7 Å². The molecule has 0 radical (unpaired) electrons. The van der Waals surface area contributed by atoms with Crippen LogP contribution in [0.4, 0.5) is 0 Å². The van der Waals surface area contributed by atoms with E-state index < -0.39 is 6.72 Å². The molecule has 1 aromatic rings. The summed E-state index contributed by atoms with van der Waals surface area (Å²) in [5.74, 6) is 1.14. The summed E-state index contributed by atoms with van der Waals surface area (Å²) in [6.07, 6.45) is 2.60. The lowest BCUT2D eigenvalue weighted by atomic mass is 10.1. The van der Waals surface area contributed by atoms with Gasteiger partial charge in [0.25, 0.3) is 0 Å². The van der Waals surface area contributed by atoms with E-state index in [2.05, 4.69) is 6.58 Å². The van der Waals surface area contributed by atoms with Crippen LogP contribution in [0.25, 0.3) is 0 Å². The topological polar surface area (TPSA) is 36.9 Å². The molecule has 0 amide bonds. The summed E-state index contributed by atoms with van der Waals surface area (Å²) in [6.45, 7) is 5.53. The van der Waals surface area contributed by atoms with Gasteiger partial charge < -0.3 is 9.26 Å². The van der Waals surface area contributed by atoms with Gasteiger partial charge in [-0.3, -0.25) is 9.05 Å². The van der Waals surface area contributed by atoms with Crippen molar-refractivity contribution >= 4 is 18.5 Å². The zero-order valence-electron chi connectivity index (χ0n) is 12.1. The largest absolute Gasteiger partial charge is 0.493 e. The SMILES string of the molecule is C=CCc1ccc(OP(=S)(OCC)OCC)c(OC)c1. The standard InChI is InChI=1S/C14H21O4PS/c1-5-8-12-9-10-13(14(11-12)15-4)18-19(20,16-6-2)17-7-3/h5,9-11H,1,6-8H2,2-4H3. The van der Waals surface area contributed by atoms with Crippen LogP contribution >= 0.6 is 6.72 Å². The summed E-state index contributed by atoms with van der Waals surface area (Å²) >= 11 is 5.35. The fourth-order valence-electron chi connectivity index (χ4n) is 1.61. The highest BCUT2D eigenvalue weighted by Gasteiger charge is 2.23. The van der Waals surface area contributed by atoms with Crippen molar-refractivity contribution in [2.75, 3.05) is 20.3 Å². The van der Waals surface area contributed by atoms with E-state index in [0.717, 1.165) is 12.0 Å². The molecule has 1 aromatic carbocycles. The number of hydrogen-bond donors (Lipinski definition) is 0. The van der Waals surface area contributed by atoms with Crippen molar-refractivity contribution < 1.29 is 18.3 Å². The normalized spacial score (nSPS) is 11.2. The molecule has 0 unspecified atom stereocenters. The van der Waals surface area contributed by atoms with Gasteiger partial charge in [-0.1, -0.05) is 12.1 Å². The van der Waals surface area contributed by atoms with Gasteiger partial charge in [-0.15, -0.1) is 6.58 Å². The number of benzene rings is 1. The number of methoxy groups -OCH3 is 1. The van der Waals surface area contributed by atoms with Crippen LogP contribution in [0.15, 0.2) is 30.9 Å². The lowest BCUT2D eigenvalue weighted by molar-refractivity contribution is 0.215. The maximum atomic E-state index is 5.77. The predicted molar refractivity (Wildman–Crippen MR) is 85.1 cm³/mol. The Morgan fingerprint density at radius 3 is 2.35 bits per heavy atom. The second kappa shape index (κ2) is 8.42. The molecular weight excluding hydrogens is 295 g/mol. The Morgan fingerprint density at radius 2 is 1.85 bits per heavy atom. The Hall–Kier alpha value is -0.870. The molecule has 6 heteroatoms. The lowest BCUT2D eigenvalue weighted by Gasteiger charge is -2.22. The van der Waals surface area contributed by atoms with Crippen LogP contribution < -0.4 is 9.26 Å². The molecule has 4 nitrogen and oxygen atoms in total. The third kappa shape index (κ3) is 4.91. The average molecular weight is 316 g/mol. The molecule has 0 aliphatic heterocycles. The average Bonchev–Trinajstić information content (AvgIpc) is 2.41. The molecule has 0 aliphatic carbocycles. The van der Waals surface area contributed by atoms with E-state index in [9.17, 15) is 0 Å². The molecule has 0 fully saturated rings. The molecule has 0 aromatic heterocycles. The molecule has 112 valence electrons. The Morgan fingerprint density at radius 1 is 1.20 bits per heavy atom. The first-order chi connectivity index (χ1) is 9.58. The van der Waals surface area contributed by atoms with Crippen LogP contribution in [0.3, 0.4) is 0 Å². The van der Waals surface area contributed by atoms with Crippen LogP contribution in [0.5, 0.6) is 11.5 Å². The van der Waals surface area contributed by atoms with E-state index in [1.165, 1.54) is 0 Å². The Bertz CT molecular complexity index is 480. The zero-order chi connectivity index (χ0) is 15.0. The van der Waals surface area contributed by atoms with E-state index in [1.807, 2.05) is 38.1 Å². The van der Waals surface area contributed by atoms with E-state index >= 15 is 0 Å². The van der Waals surface area contributed by atoms with Crippen molar-refractivity contribution in [1.82, 2.24) is 0 Å². The van der Waals surface area contributed by atoms with E-state index in [4.69, 9.17) is 30.1 Å². The summed E-state index contributed by atoms with van der Waals surface area (Å²) in [7, 11) is 1.59. The summed E-state index contributed by atoms with van der Waals surface area (Å²) < 4.78 is 22.0. The second-order valence-electron chi connectivity index (χ2n) is 3.85. The first-order valence-corrected chi connectivity index (χ1v) is 9.00. The highest BCUT2D eigenvalue weighted by Crippen LogP contribution is 2.51. The quantitative estimate of drug-likeness (QED) is 0.506. The molecule has 0 N–H and O–H groups in total. The summed E-state index contributed by atoms with van der Waals surface area (Å²) in [5, 5.41) is 0. The number of hydrogen-bond acceptors (Lipinski definition) is 5. The minimum absolute atomic E-state index is 0.439. The monoisotopic (exact) mass is 316 g/mol. The summed E-state index contributed by atoms with van der Waals surface area (Å²) in [4.78, 5) is 0. The van der Waals surface area contributed by atoms with Crippen molar-refractivity contribution in [3.63, 3.8) is 0 Å². The number of ether oxygens (including phenoxy) is 1. The van der Waals surface area contributed by atoms with Crippen molar-refractivity contribution in [3.8, 4) is 11.5 Å². The maximum Gasteiger partial charge on any atom is 0.380 e. The second-order valence-corrected chi connectivity index (χ2v) is 6.79. The van der Waals surface area contributed by atoms with Crippen molar-refractivity contribution in [1.29, 1.82) is 0 Å². The molecule has 0 heterocycles. The van der Waals surface area contributed by atoms with Gasteiger partial charge in [-0.05, 0) is 38.0 Å². The van der Waals surface area contributed by atoms with Crippen LogP contribution in [0.1, 0.15) is 19.4 Å². The number of rotatable bonds is 9. The Labute approximate surface area is 125 Å². The van der Waals surface area contributed by atoms with Gasteiger partial charge >= 0.3 is 6.72 Å². The highest BCUT2D eigenvalue weighted by molar-refractivity contribution is 8.07. The number of allylic oxidation sites excluding steroid dienone is 1. The van der Waals surface area contributed by atoms with E-state index in [-0.39, 0.29) is 0 Å². The fourth-order valence-corrected chi connectivity index (χ4v) is 3.69. The van der Waals surface area contributed by atoms with Crippen LogP contribution in [0.2, 0.25) is 0 Å². The predicted octanol–water partition coefficient (Wildman–Crippen LogP) is 4.10. The van der Waals surface area contributed by atoms with Crippen LogP contribution in [-0.2, 0) is 27.3 Å². The first-order valence-electron chi connectivity index (χ1n) is 6.45. The van der Waals surface area contributed by atoms with Gasteiger partial charge in [0, 0.05) is 11.8 Å². The van der Waals surface area contributed by atoms with Crippen LogP contribution in [0, 0.1) is 0 Å². The van der Waals surface area contributed by atoms with Gasteiger partial charge in [0.15, 0.2) is 11.5 Å². The van der Waals surface area contributed by atoms with E-state index in [1.54, 1.807) is 7.11 Å². The minimum Gasteiger partial charge on any atom is -0.493 e. The first kappa shape index (κ1) is 17.2. The molecule has 0 aliphatic rings. The Balaban J connectivity index is 3.00. The van der Waals surface area contributed by atoms with Gasteiger partial charge in [0.05, 0.1) is 20.3 Å². The van der Waals surface area contributed by atoms with Crippen LogP contribution in [-0.4, -0.2) is 20.3 Å². The smallest absolute Gasteiger partial charge is 0.380 e. The van der Waals surface area contributed by atoms with Crippen molar-refractivity contribution in [2.45, 2.75) is 20.3 Å². The van der Waals surface area contributed by atoms with Gasteiger partial charge in [0.2, 0.25) is 0 Å². The summed E-state index contributed by atoms with van der Waals surface area (Å²) in [5.41, 5.74) is 1.09. The highest BCUT2D eigenvalue weighted by atomic mass is 32.5. The molecule has 0 atom stereocenters. The van der Waals surface area contributed by atoms with Gasteiger partial charge in [0.1, 0.15) is 0 Å². The molecule has 0 bridgehead atoms. The van der Waals surface area contributed by atoms with Crippen molar-refractivity contribution in [2.24, 2.45) is 0 Å². The van der Waals surface area contributed by atoms with Gasteiger partial charge in [-0.25, -0.2) is 0 Å². The molecule has 1 rings (SSSR count). The molecule has 20 heavy (non-hydrogen) atoms. The lowest BCUT2D eigenvalue weighted by Crippen LogP contribution is -2.03. The van der Waals surface area contributed by atoms with Gasteiger partial charge in [-0.2, -0.15) is 0 Å². The Kier molecular flexibility index (Phi) is 7.24. The minimum atomic E-state index is -2.78. The van der Waals surface area contributed by atoms with Crippen molar-refractivity contribution in [3.05, 3.63) is 36.4 Å². The third-order valence-electron chi connectivity index (χ3n) is 2.39. The fraction of sp³-hybridized carbons (Fsp3) is 0.429. The maximum absolute atomic E-state index is 5.77. The third-order valence-corrected chi connectivity index (χ3v) is 4.82. The summed E-state index contributed by atoms with van der Waals surface area (Å²) in [6, 6.07) is 5.66.